The topological polar surface area (TPSA) is 49.6 Å². The number of amides is 2. The Kier molecular flexibility index (Phi) is 7.68. The zero-order valence-electron chi connectivity index (χ0n) is 19.2. The highest BCUT2D eigenvalue weighted by Crippen LogP contribution is 2.37. The molecule has 2 atom stereocenters. The maximum Gasteiger partial charge on any atom is 0.416 e. The molecule has 35 heavy (non-hydrogen) atoms. The second kappa shape index (κ2) is 10.0. The minimum Gasteiger partial charge on any atom is -0.328 e. The first kappa shape index (κ1) is 26.8. The normalized spacial score (nSPS) is 19.1. The quantitative estimate of drug-likeness (QED) is 0.524. The maximum absolute atomic E-state index is 13.6. The lowest BCUT2D eigenvalue weighted by atomic mass is 9.90. The summed E-state index contributed by atoms with van der Waals surface area (Å²) in [5.74, 6) is -0.416. The molecule has 0 spiro atoms. The van der Waals surface area contributed by atoms with Crippen LogP contribution in [0.4, 0.5) is 35.5 Å². The summed E-state index contributed by atoms with van der Waals surface area (Å²) in [7, 11) is 1.43. The van der Waals surface area contributed by atoms with Crippen molar-refractivity contribution in [2.75, 3.05) is 20.1 Å². The van der Waals surface area contributed by atoms with Gasteiger partial charge in [-0.15, -0.1) is 0 Å². The standard InChI is InChI=1S/C24H26F7N3O/c1-14-9-18(25)3-4-20(14)21-13-19(32)6-8-34(21)22(35)33(2)7-5-15-10-16(23(26,27)28)12-17(11-15)24(29,30)31/h3-4,9-12,19,21H,5-8,13,32H2,1-2H3/t19-,21+/m0/s1. The molecule has 1 aliphatic rings. The molecular formula is C24H26F7N3O. The number of carbonyl (C=O) groups excluding carboxylic acids is 1. The Balaban J connectivity index is 1.79. The molecule has 0 unspecified atom stereocenters. The molecule has 0 saturated carbocycles. The fourth-order valence-corrected chi connectivity index (χ4v) is 4.30. The van der Waals surface area contributed by atoms with Crippen LogP contribution in [0.2, 0.25) is 0 Å². The summed E-state index contributed by atoms with van der Waals surface area (Å²) in [6.07, 6.45) is -9.12. The van der Waals surface area contributed by atoms with Crippen LogP contribution in [-0.2, 0) is 18.8 Å². The van der Waals surface area contributed by atoms with Gasteiger partial charge in [-0.05, 0) is 73.2 Å². The smallest absolute Gasteiger partial charge is 0.328 e. The van der Waals surface area contributed by atoms with E-state index in [9.17, 15) is 35.5 Å². The Morgan fingerprint density at radius 3 is 2.20 bits per heavy atom. The van der Waals surface area contributed by atoms with Gasteiger partial charge in [0, 0.05) is 26.2 Å². The van der Waals surface area contributed by atoms with Crippen molar-refractivity contribution in [3.8, 4) is 0 Å². The van der Waals surface area contributed by atoms with E-state index in [0.29, 0.717) is 37.1 Å². The van der Waals surface area contributed by atoms with Gasteiger partial charge in [0.1, 0.15) is 5.82 Å². The van der Waals surface area contributed by atoms with E-state index in [1.807, 2.05) is 0 Å². The Morgan fingerprint density at radius 2 is 1.66 bits per heavy atom. The van der Waals surface area contributed by atoms with Gasteiger partial charge in [-0.2, -0.15) is 26.3 Å². The van der Waals surface area contributed by atoms with E-state index in [-0.39, 0.29) is 30.6 Å². The fraction of sp³-hybridized carbons (Fsp3) is 0.458. The average molecular weight is 505 g/mol. The highest BCUT2D eigenvalue weighted by molar-refractivity contribution is 5.75. The van der Waals surface area contributed by atoms with Gasteiger partial charge in [-0.1, -0.05) is 6.07 Å². The van der Waals surface area contributed by atoms with E-state index in [4.69, 9.17) is 5.73 Å². The molecule has 1 aliphatic heterocycles. The van der Waals surface area contributed by atoms with Gasteiger partial charge in [0.2, 0.25) is 0 Å². The number of nitrogens with two attached hydrogens (primary N) is 1. The van der Waals surface area contributed by atoms with Crippen LogP contribution in [0, 0.1) is 12.7 Å². The van der Waals surface area contributed by atoms with Gasteiger partial charge in [0.15, 0.2) is 0 Å². The molecular weight excluding hydrogens is 479 g/mol. The number of aryl methyl sites for hydroxylation is 1. The van der Waals surface area contributed by atoms with Gasteiger partial charge < -0.3 is 15.5 Å². The van der Waals surface area contributed by atoms with Crippen molar-refractivity contribution in [1.29, 1.82) is 0 Å². The molecule has 2 aromatic rings. The molecule has 1 fully saturated rings. The van der Waals surface area contributed by atoms with Crippen molar-refractivity contribution >= 4 is 6.03 Å². The van der Waals surface area contributed by atoms with E-state index < -0.39 is 41.4 Å². The van der Waals surface area contributed by atoms with Crippen molar-refractivity contribution in [1.82, 2.24) is 9.80 Å². The van der Waals surface area contributed by atoms with Crippen LogP contribution < -0.4 is 5.73 Å². The van der Waals surface area contributed by atoms with Gasteiger partial charge >= 0.3 is 18.4 Å². The second-order valence-corrected chi connectivity index (χ2v) is 8.86. The molecule has 2 N–H and O–H groups in total. The van der Waals surface area contributed by atoms with Crippen LogP contribution in [-0.4, -0.2) is 42.0 Å². The predicted octanol–water partition coefficient (Wildman–Crippen LogP) is 5.93. The Bertz CT molecular complexity index is 1040. The Hall–Kier alpha value is -2.82. The fourth-order valence-electron chi connectivity index (χ4n) is 4.30. The van der Waals surface area contributed by atoms with Crippen molar-refractivity contribution in [2.45, 2.75) is 50.6 Å². The first-order valence-electron chi connectivity index (χ1n) is 11.0. The van der Waals surface area contributed by atoms with E-state index in [2.05, 4.69) is 0 Å². The van der Waals surface area contributed by atoms with Crippen LogP contribution in [0.15, 0.2) is 36.4 Å². The Labute approximate surface area is 198 Å². The Morgan fingerprint density at radius 1 is 1.06 bits per heavy atom. The van der Waals surface area contributed by atoms with Gasteiger partial charge in [0.25, 0.3) is 0 Å². The minimum atomic E-state index is -4.94. The molecule has 0 bridgehead atoms. The third kappa shape index (κ3) is 6.45. The van der Waals surface area contributed by atoms with Crippen LogP contribution in [0.5, 0.6) is 0 Å². The highest BCUT2D eigenvalue weighted by atomic mass is 19.4. The van der Waals surface area contributed by atoms with Crippen molar-refractivity contribution in [3.05, 3.63) is 70.0 Å². The molecule has 1 heterocycles. The molecule has 11 heteroatoms. The largest absolute Gasteiger partial charge is 0.416 e. The second-order valence-electron chi connectivity index (χ2n) is 8.86. The van der Waals surface area contributed by atoms with Gasteiger partial charge in [-0.25, -0.2) is 9.18 Å². The van der Waals surface area contributed by atoms with E-state index in [1.165, 1.54) is 24.1 Å². The summed E-state index contributed by atoms with van der Waals surface area (Å²) in [5.41, 5.74) is 4.51. The molecule has 192 valence electrons. The monoisotopic (exact) mass is 505 g/mol. The number of carbonyl (C=O) groups is 1. The molecule has 0 radical (unpaired) electrons. The van der Waals surface area contributed by atoms with Gasteiger partial charge in [0.05, 0.1) is 17.2 Å². The number of nitrogens with zero attached hydrogens (tertiary/aromatic N) is 2. The summed E-state index contributed by atoms with van der Waals surface area (Å²) in [4.78, 5) is 16.0. The molecule has 0 aromatic heterocycles. The van der Waals surface area contributed by atoms with Crippen molar-refractivity contribution in [3.63, 3.8) is 0 Å². The number of likely N-dealkylation sites (tertiary alicyclic amines) is 1. The lowest BCUT2D eigenvalue weighted by Gasteiger charge is -2.41. The first-order valence-corrected chi connectivity index (χ1v) is 11.0. The number of likely N-dealkylation sites (N-methyl/N-ethyl adjacent to an activating group) is 1. The summed E-state index contributed by atoms with van der Waals surface area (Å²) in [5, 5.41) is 0. The number of alkyl halides is 6. The number of benzene rings is 2. The third-order valence-electron chi connectivity index (χ3n) is 6.19. The van der Waals surface area contributed by atoms with Crippen molar-refractivity contribution in [2.24, 2.45) is 5.73 Å². The molecule has 3 rings (SSSR count). The summed E-state index contributed by atoms with van der Waals surface area (Å²) in [6, 6.07) is 4.60. The minimum absolute atomic E-state index is 0.0744. The lowest BCUT2D eigenvalue weighted by Crippen LogP contribution is -2.49. The number of halogens is 7. The molecule has 2 aromatic carbocycles. The zero-order valence-corrected chi connectivity index (χ0v) is 19.2. The van der Waals surface area contributed by atoms with Crippen LogP contribution in [0.1, 0.15) is 46.7 Å². The highest BCUT2D eigenvalue weighted by Gasteiger charge is 2.37. The average Bonchev–Trinajstić information content (AvgIpc) is 2.75. The molecule has 2 amide bonds. The van der Waals surface area contributed by atoms with Crippen LogP contribution in [0.3, 0.4) is 0 Å². The van der Waals surface area contributed by atoms with E-state index in [1.54, 1.807) is 17.9 Å². The summed E-state index contributed by atoms with van der Waals surface area (Å²) < 4.78 is 92.3. The maximum atomic E-state index is 13.6. The lowest BCUT2D eigenvalue weighted by molar-refractivity contribution is -0.143. The number of rotatable bonds is 4. The number of hydrogen-bond acceptors (Lipinski definition) is 2. The molecule has 4 nitrogen and oxygen atoms in total. The van der Waals surface area contributed by atoms with E-state index >= 15 is 0 Å². The zero-order chi connectivity index (χ0) is 26.1. The van der Waals surface area contributed by atoms with Crippen molar-refractivity contribution < 1.29 is 35.5 Å². The molecule has 1 saturated heterocycles. The van der Waals surface area contributed by atoms with E-state index in [0.717, 1.165) is 5.56 Å². The SMILES string of the molecule is Cc1cc(F)ccc1[C@H]1C[C@@H](N)CCN1C(=O)N(C)CCc1cc(C(F)(F)F)cc(C(F)(F)F)c1. The summed E-state index contributed by atoms with van der Waals surface area (Å²) >= 11 is 0. The molecule has 0 aliphatic carbocycles. The van der Waals surface area contributed by atoms with Crippen LogP contribution >= 0.6 is 0 Å². The number of piperidine rings is 1. The summed E-state index contributed by atoms with van der Waals surface area (Å²) in [6.45, 7) is 1.93. The third-order valence-corrected chi connectivity index (χ3v) is 6.19. The van der Waals surface area contributed by atoms with Crippen LogP contribution in [0.25, 0.3) is 0 Å². The predicted molar refractivity (Wildman–Crippen MR) is 116 cm³/mol. The number of hydrogen-bond donors (Lipinski definition) is 1. The van der Waals surface area contributed by atoms with Gasteiger partial charge in [-0.3, -0.25) is 0 Å². The first-order chi connectivity index (χ1) is 16.2. The number of urea groups is 1.